The predicted molar refractivity (Wildman–Crippen MR) is 100 cm³/mol. The van der Waals surface area contributed by atoms with Gasteiger partial charge in [0.05, 0.1) is 14.2 Å². The number of benzene rings is 1. The van der Waals surface area contributed by atoms with Crippen LogP contribution in [0.5, 0.6) is 11.5 Å². The summed E-state index contributed by atoms with van der Waals surface area (Å²) in [6, 6.07) is 6.26. The molecule has 6 heteroatoms. The van der Waals surface area contributed by atoms with Crippen molar-refractivity contribution in [3.63, 3.8) is 0 Å². The highest BCUT2D eigenvalue weighted by Crippen LogP contribution is 2.24. The highest BCUT2D eigenvalue weighted by Gasteiger charge is 2.11. The number of rotatable bonds is 9. The third-order valence-electron chi connectivity index (χ3n) is 4.16. The first-order valence-electron chi connectivity index (χ1n) is 8.48. The van der Waals surface area contributed by atoms with Crippen molar-refractivity contribution in [3.05, 3.63) is 23.8 Å². The van der Waals surface area contributed by atoms with E-state index in [2.05, 4.69) is 41.3 Å². The normalized spacial score (nSPS) is 12.9. The Morgan fingerprint density at radius 3 is 2.42 bits per heavy atom. The van der Waals surface area contributed by atoms with E-state index < -0.39 is 0 Å². The zero-order chi connectivity index (χ0) is 17.9. The second kappa shape index (κ2) is 10.8. The van der Waals surface area contributed by atoms with Gasteiger partial charge in [0.1, 0.15) is 11.5 Å². The van der Waals surface area contributed by atoms with Crippen molar-refractivity contribution in [2.45, 2.75) is 33.4 Å². The molecule has 1 aromatic rings. The molecule has 0 aliphatic carbocycles. The molecule has 0 amide bonds. The van der Waals surface area contributed by atoms with Crippen LogP contribution >= 0.6 is 0 Å². The summed E-state index contributed by atoms with van der Waals surface area (Å²) in [5.74, 6) is 2.37. The Morgan fingerprint density at radius 1 is 1.17 bits per heavy atom. The molecule has 1 rings (SSSR count). The summed E-state index contributed by atoms with van der Waals surface area (Å²) < 4.78 is 10.7. The van der Waals surface area contributed by atoms with Crippen molar-refractivity contribution in [2.24, 2.45) is 4.99 Å². The van der Waals surface area contributed by atoms with E-state index in [0.29, 0.717) is 12.6 Å². The zero-order valence-corrected chi connectivity index (χ0v) is 15.8. The van der Waals surface area contributed by atoms with Gasteiger partial charge < -0.3 is 20.1 Å². The van der Waals surface area contributed by atoms with Gasteiger partial charge in [-0.1, -0.05) is 13.8 Å². The van der Waals surface area contributed by atoms with E-state index in [0.717, 1.165) is 42.7 Å². The third-order valence-corrected chi connectivity index (χ3v) is 4.16. The van der Waals surface area contributed by atoms with Crippen LogP contribution in [0, 0.1) is 0 Å². The summed E-state index contributed by atoms with van der Waals surface area (Å²) in [5.41, 5.74) is 1.05. The molecule has 1 aromatic carbocycles. The molecule has 1 unspecified atom stereocenters. The molecule has 2 N–H and O–H groups in total. The Balaban J connectivity index is 2.58. The fourth-order valence-electron chi connectivity index (χ4n) is 2.62. The van der Waals surface area contributed by atoms with Crippen molar-refractivity contribution < 1.29 is 9.47 Å². The van der Waals surface area contributed by atoms with E-state index in [1.54, 1.807) is 21.3 Å². The van der Waals surface area contributed by atoms with Gasteiger partial charge in [0.25, 0.3) is 0 Å². The maximum atomic E-state index is 5.43. The van der Waals surface area contributed by atoms with Crippen LogP contribution in [-0.2, 0) is 6.54 Å². The number of methoxy groups -OCH3 is 2. The number of nitrogens with zero attached hydrogens (tertiary/aromatic N) is 2. The first-order valence-corrected chi connectivity index (χ1v) is 8.48. The lowest BCUT2D eigenvalue weighted by molar-refractivity contribution is 0.231. The number of hydrogen-bond acceptors (Lipinski definition) is 4. The van der Waals surface area contributed by atoms with Crippen LogP contribution in [0.25, 0.3) is 0 Å². The van der Waals surface area contributed by atoms with Crippen LogP contribution in [0.2, 0.25) is 0 Å². The second-order valence-corrected chi connectivity index (χ2v) is 5.55. The summed E-state index contributed by atoms with van der Waals surface area (Å²) in [6.07, 6.45) is 0. The number of likely N-dealkylation sites (N-methyl/N-ethyl adjacent to an activating group) is 1. The molecule has 0 radical (unpaired) electrons. The molecule has 0 saturated carbocycles. The van der Waals surface area contributed by atoms with Crippen molar-refractivity contribution in [2.75, 3.05) is 40.9 Å². The van der Waals surface area contributed by atoms with E-state index in [1.165, 1.54) is 0 Å². The van der Waals surface area contributed by atoms with Crippen molar-refractivity contribution in [3.8, 4) is 11.5 Å². The van der Waals surface area contributed by atoms with E-state index >= 15 is 0 Å². The molecule has 0 saturated heterocycles. The summed E-state index contributed by atoms with van der Waals surface area (Å²) in [5, 5.41) is 6.71. The number of hydrogen-bond donors (Lipinski definition) is 2. The smallest absolute Gasteiger partial charge is 0.191 e. The van der Waals surface area contributed by atoms with E-state index in [4.69, 9.17) is 9.47 Å². The maximum Gasteiger partial charge on any atom is 0.191 e. The summed E-state index contributed by atoms with van der Waals surface area (Å²) in [4.78, 5) is 6.70. The maximum absolute atomic E-state index is 5.43. The van der Waals surface area contributed by atoms with Crippen LogP contribution in [0.3, 0.4) is 0 Å². The molecule has 1 atom stereocenters. The molecule has 0 aliphatic heterocycles. The number of aliphatic imine (C=N–C) groups is 1. The minimum absolute atomic E-state index is 0.453. The van der Waals surface area contributed by atoms with Crippen LogP contribution in [0.1, 0.15) is 26.3 Å². The second-order valence-electron chi connectivity index (χ2n) is 5.55. The van der Waals surface area contributed by atoms with Gasteiger partial charge in [-0.3, -0.25) is 9.89 Å². The molecule has 0 spiro atoms. The Morgan fingerprint density at radius 2 is 1.88 bits per heavy atom. The third kappa shape index (κ3) is 5.92. The first-order chi connectivity index (χ1) is 11.6. The quantitative estimate of drug-likeness (QED) is 0.534. The molecule has 0 aromatic heterocycles. The topological polar surface area (TPSA) is 58.1 Å². The van der Waals surface area contributed by atoms with Crippen LogP contribution in [0.4, 0.5) is 0 Å². The standard InChI is InChI=1S/C18H32N4O2/c1-7-22(8-2)14(3)12-20-18(19-4)21-13-15-9-10-16(23-5)11-17(15)24-6/h9-11,14H,7-8,12-13H2,1-6H3,(H2,19,20,21). The van der Waals surface area contributed by atoms with Crippen molar-refractivity contribution in [1.29, 1.82) is 0 Å². The lowest BCUT2D eigenvalue weighted by Crippen LogP contribution is -2.45. The fourth-order valence-corrected chi connectivity index (χ4v) is 2.62. The van der Waals surface area contributed by atoms with Crippen LogP contribution < -0.4 is 20.1 Å². The minimum atomic E-state index is 0.453. The van der Waals surface area contributed by atoms with Gasteiger partial charge in [0.2, 0.25) is 0 Å². The molecule has 0 heterocycles. The highest BCUT2D eigenvalue weighted by atomic mass is 16.5. The lowest BCUT2D eigenvalue weighted by Gasteiger charge is -2.27. The Bertz CT molecular complexity index is 516. The molecule has 24 heavy (non-hydrogen) atoms. The average molecular weight is 336 g/mol. The van der Waals surface area contributed by atoms with Crippen LogP contribution in [-0.4, -0.2) is 57.8 Å². The Hall–Kier alpha value is -1.95. The van der Waals surface area contributed by atoms with E-state index in [1.807, 2.05) is 18.2 Å². The highest BCUT2D eigenvalue weighted by molar-refractivity contribution is 5.79. The largest absolute Gasteiger partial charge is 0.497 e. The average Bonchev–Trinajstić information content (AvgIpc) is 2.62. The molecular weight excluding hydrogens is 304 g/mol. The van der Waals surface area contributed by atoms with Crippen molar-refractivity contribution in [1.82, 2.24) is 15.5 Å². The molecule has 6 nitrogen and oxygen atoms in total. The number of ether oxygens (including phenoxy) is 2. The van der Waals surface area contributed by atoms with Gasteiger partial charge in [-0.2, -0.15) is 0 Å². The minimum Gasteiger partial charge on any atom is -0.497 e. The van der Waals surface area contributed by atoms with Crippen LogP contribution in [0.15, 0.2) is 23.2 Å². The number of guanidine groups is 1. The summed E-state index contributed by atoms with van der Waals surface area (Å²) in [7, 11) is 5.09. The summed E-state index contributed by atoms with van der Waals surface area (Å²) >= 11 is 0. The van der Waals surface area contributed by atoms with Gasteiger partial charge in [0, 0.05) is 37.8 Å². The zero-order valence-electron chi connectivity index (χ0n) is 15.8. The SMILES string of the molecule is CCN(CC)C(C)CNC(=NC)NCc1ccc(OC)cc1OC. The predicted octanol–water partition coefficient (Wildman–Crippen LogP) is 2.10. The van der Waals surface area contributed by atoms with Gasteiger partial charge >= 0.3 is 0 Å². The Kier molecular flexibility index (Phi) is 9.01. The Labute approximate surface area is 146 Å². The molecule has 136 valence electrons. The molecular formula is C18H32N4O2. The molecule has 0 aliphatic rings. The van der Waals surface area contributed by atoms with Gasteiger partial charge in [0.15, 0.2) is 5.96 Å². The van der Waals surface area contributed by atoms with E-state index in [-0.39, 0.29) is 0 Å². The van der Waals surface area contributed by atoms with Crippen molar-refractivity contribution >= 4 is 5.96 Å². The van der Waals surface area contributed by atoms with Gasteiger partial charge in [-0.15, -0.1) is 0 Å². The van der Waals surface area contributed by atoms with Gasteiger partial charge in [-0.25, -0.2) is 0 Å². The number of nitrogens with one attached hydrogen (secondary N) is 2. The molecule has 0 bridgehead atoms. The van der Waals surface area contributed by atoms with E-state index in [9.17, 15) is 0 Å². The first kappa shape index (κ1) is 20.1. The fraction of sp³-hybridized carbons (Fsp3) is 0.611. The molecule has 0 fully saturated rings. The van der Waals surface area contributed by atoms with Gasteiger partial charge in [-0.05, 0) is 32.1 Å². The summed E-state index contributed by atoms with van der Waals surface area (Å²) in [6.45, 7) is 10.2. The monoisotopic (exact) mass is 336 g/mol. The lowest BCUT2D eigenvalue weighted by atomic mass is 10.2.